The van der Waals surface area contributed by atoms with E-state index in [0.29, 0.717) is 34.1 Å². The van der Waals surface area contributed by atoms with Gasteiger partial charge in [-0.05, 0) is 106 Å². The van der Waals surface area contributed by atoms with Crippen LogP contribution in [-0.2, 0) is 18.1 Å². The minimum absolute atomic E-state index is 0.0631. The maximum Gasteiger partial charge on any atom is 0.341 e. The van der Waals surface area contributed by atoms with Gasteiger partial charge in [0.15, 0.2) is 6.29 Å². The first-order valence-electron chi connectivity index (χ1n) is 19.4. The lowest BCUT2D eigenvalue weighted by molar-refractivity contribution is 0.0566. The van der Waals surface area contributed by atoms with Crippen molar-refractivity contribution in [2.45, 2.75) is 38.6 Å². The first-order chi connectivity index (χ1) is 26.7. The molecule has 4 fully saturated rings. The first kappa shape index (κ1) is 37.4. The Kier molecular flexibility index (Phi) is 10.6. The minimum atomic E-state index is -0.515. The lowest BCUT2D eigenvalue weighted by Gasteiger charge is -2.55. The van der Waals surface area contributed by atoms with Gasteiger partial charge in [-0.2, -0.15) is 0 Å². The Morgan fingerprint density at radius 3 is 2.25 bits per heavy atom. The van der Waals surface area contributed by atoms with E-state index in [4.69, 9.17) is 14.0 Å². The number of fused-ring (bicyclic) bond motifs is 1. The van der Waals surface area contributed by atoms with Gasteiger partial charge in [0.2, 0.25) is 0 Å². The second kappa shape index (κ2) is 15.6. The Labute approximate surface area is 324 Å². The van der Waals surface area contributed by atoms with E-state index >= 15 is 0 Å². The number of aldehydes is 1. The van der Waals surface area contributed by atoms with Crippen LogP contribution in [0.15, 0.2) is 53.6 Å². The van der Waals surface area contributed by atoms with E-state index in [0.717, 1.165) is 130 Å². The third-order valence-electron chi connectivity index (χ3n) is 12.6. The molecule has 1 atom stereocenters. The zero-order chi connectivity index (χ0) is 38.3. The van der Waals surface area contributed by atoms with Crippen LogP contribution < -0.4 is 24.8 Å². The van der Waals surface area contributed by atoms with E-state index < -0.39 is 5.97 Å². The molecule has 0 N–H and O–H groups in total. The summed E-state index contributed by atoms with van der Waals surface area (Å²) in [6.07, 6.45) is 10.2. The molecular weight excluding hydrogens is 715 g/mol. The minimum Gasteiger partial charge on any atom is -0.496 e. The molecule has 4 aliphatic rings. The van der Waals surface area contributed by atoms with Gasteiger partial charge in [-0.1, -0.05) is 0 Å². The SMILES string of the molecule is COc1cc(-c2cn(C)c(=O)c3cnc(N4CCC4)cc23)cc(OC)c1CN1CCC(CN2CCC3(CC2)CN(c2ccc(C=O)c(C(=O)OP)c2)C3)CC1. The molecule has 55 heavy (non-hydrogen) atoms. The maximum absolute atomic E-state index is 13.1. The van der Waals surface area contributed by atoms with E-state index in [2.05, 4.69) is 36.7 Å². The van der Waals surface area contributed by atoms with Crippen molar-refractivity contribution in [2.75, 3.05) is 82.9 Å². The summed E-state index contributed by atoms with van der Waals surface area (Å²) in [5.74, 6) is 2.63. The number of carbonyl (C=O) groups excluding carboxylic acids is 2. The van der Waals surface area contributed by atoms with Crippen LogP contribution in [0.25, 0.3) is 21.9 Å². The van der Waals surface area contributed by atoms with Gasteiger partial charge in [0.1, 0.15) is 17.3 Å². The van der Waals surface area contributed by atoms with Gasteiger partial charge in [0, 0.05) is 86.3 Å². The summed E-state index contributed by atoms with van der Waals surface area (Å²) in [6.45, 7) is 10.1. The Morgan fingerprint density at radius 1 is 0.927 bits per heavy atom. The van der Waals surface area contributed by atoms with Crippen LogP contribution in [0.2, 0.25) is 0 Å². The highest BCUT2D eigenvalue weighted by Gasteiger charge is 2.45. The van der Waals surface area contributed by atoms with Crippen molar-refractivity contribution in [1.29, 1.82) is 0 Å². The van der Waals surface area contributed by atoms with Gasteiger partial charge < -0.3 is 33.3 Å². The van der Waals surface area contributed by atoms with Gasteiger partial charge in [0.05, 0.1) is 40.2 Å². The summed E-state index contributed by atoms with van der Waals surface area (Å²) in [5, 5.41) is 1.48. The number of nitrogens with zero attached hydrogens (tertiary/aromatic N) is 6. The van der Waals surface area contributed by atoms with Crippen LogP contribution in [0.4, 0.5) is 11.5 Å². The second-order valence-corrected chi connectivity index (χ2v) is 16.2. The van der Waals surface area contributed by atoms with Crippen molar-refractivity contribution >= 4 is 44.0 Å². The molecule has 0 aliphatic carbocycles. The van der Waals surface area contributed by atoms with Gasteiger partial charge in [-0.15, -0.1) is 0 Å². The highest BCUT2D eigenvalue weighted by atomic mass is 31.0. The van der Waals surface area contributed by atoms with Crippen molar-refractivity contribution in [2.24, 2.45) is 18.4 Å². The number of anilines is 2. The molecule has 0 amide bonds. The maximum atomic E-state index is 13.1. The third-order valence-corrected chi connectivity index (χ3v) is 12.8. The lowest BCUT2D eigenvalue weighted by Crippen LogP contribution is -2.60. The summed E-state index contributed by atoms with van der Waals surface area (Å²) in [7, 11) is 7.19. The van der Waals surface area contributed by atoms with Crippen molar-refractivity contribution in [3.05, 3.63) is 75.8 Å². The van der Waals surface area contributed by atoms with Crippen molar-refractivity contribution in [3.63, 3.8) is 0 Å². The van der Waals surface area contributed by atoms with Crippen LogP contribution >= 0.6 is 9.47 Å². The number of aromatic nitrogens is 2. The normalized spacial score (nSPS) is 18.9. The zero-order valence-electron chi connectivity index (χ0n) is 32.1. The smallest absolute Gasteiger partial charge is 0.341 e. The Morgan fingerprint density at radius 2 is 1.64 bits per heavy atom. The fourth-order valence-electron chi connectivity index (χ4n) is 9.07. The van der Waals surface area contributed by atoms with E-state index in [1.165, 1.54) is 12.8 Å². The number of hydrogen-bond donors (Lipinski definition) is 0. The zero-order valence-corrected chi connectivity index (χ0v) is 33.2. The first-order valence-corrected chi connectivity index (χ1v) is 19.9. The van der Waals surface area contributed by atoms with E-state index in [1.54, 1.807) is 44.2 Å². The Hall–Kier alpha value is -4.51. The van der Waals surface area contributed by atoms with E-state index in [9.17, 15) is 14.4 Å². The number of rotatable bonds is 11. The van der Waals surface area contributed by atoms with Crippen LogP contribution in [0, 0.1) is 11.3 Å². The van der Waals surface area contributed by atoms with E-state index in [-0.39, 0.29) is 5.56 Å². The molecule has 12 nitrogen and oxygen atoms in total. The summed E-state index contributed by atoms with van der Waals surface area (Å²) in [5.41, 5.74) is 4.80. The molecule has 2 aromatic heterocycles. The number of likely N-dealkylation sites (tertiary alicyclic amines) is 2. The lowest BCUT2D eigenvalue weighted by atomic mass is 9.71. The molecule has 4 aliphatic heterocycles. The molecule has 4 saturated heterocycles. The molecule has 4 aromatic rings. The second-order valence-electron chi connectivity index (χ2n) is 15.9. The summed E-state index contributed by atoms with van der Waals surface area (Å²) in [6, 6.07) is 11.6. The molecule has 13 heteroatoms. The predicted octanol–water partition coefficient (Wildman–Crippen LogP) is 5.40. The quantitative estimate of drug-likeness (QED) is 0.145. The predicted molar refractivity (Wildman–Crippen MR) is 218 cm³/mol. The number of hydrogen-bond acceptors (Lipinski definition) is 11. The largest absolute Gasteiger partial charge is 0.496 e. The molecule has 290 valence electrons. The van der Waals surface area contributed by atoms with Crippen LogP contribution in [0.1, 0.15) is 58.4 Å². The molecule has 0 radical (unpaired) electrons. The average molecular weight is 767 g/mol. The van der Waals surface area contributed by atoms with Gasteiger partial charge in [0.25, 0.3) is 5.56 Å². The molecule has 2 aromatic carbocycles. The van der Waals surface area contributed by atoms with Gasteiger partial charge >= 0.3 is 5.97 Å². The number of carbonyl (C=O) groups is 2. The number of benzene rings is 2. The van der Waals surface area contributed by atoms with Crippen molar-refractivity contribution < 1.29 is 23.6 Å². The van der Waals surface area contributed by atoms with Crippen molar-refractivity contribution in [3.8, 4) is 22.6 Å². The van der Waals surface area contributed by atoms with Crippen LogP contribution in [0.3, 0.4) is 0 Å². The Balaban J connectivity index is 0.875. The van der Waals surface area contributed by atoms with Gasteiger partial charge in [-0.25, -0.2) is 9.78 Å². The van der Waals surface area contributed by atoms with Crippen LogP contribution in [-0.4, -0.2) is 105 Å². The standard InChI is InChI=1S/C42H51N6O6P/c1-44-23-35(33-20-39(47-11-4-12-47)43-21-34(33)40(44)50)30-17-37(52-2)36(38(18-30)53-3)24-45-13-7-28(8-14-45)22-46-15-9-42(10-16-46)26-48(27-42)31-6-5-29(25-49)32(19-31)41(51)54-55/h5-6,17-21,23,25,28H,4,7-16,22,24,26-27,55H2,1-3H3. The van der Waals surface area contributed by atoms with E-state index in [1.807, 2.05) is 27.8 Å². The highest BCUT2D eigenvalue weighted by Crippen LogP contribution is 2.44. The molecular formula is C42H51N6O6P. The molecule has 8 rings (SSSR count). The highest BCUT2D eigenvalue weighted by molar-refractivity contribution is 7.10. The Bertz CT molecular complexity index is 2120. The third kappa shape index (κ3) is 7.32. The number of pyridine rings is 2. The van der Waals surface area contributed by atoms with Crippen molar-refractivity contribution in [1.82, 2.24) is 19.4 Å². The summed E-state index contributed by atoms with van der Waals surface area (Å²) < 4.78 is 18.5. The molecule has 6 heterocycles. The topological polar surface area (TPSA) is 110 Å². The van der Waals surface area contributed by atoms with Crippen LogP contribution in [0.5, 0.6) is 11.5 Å². The summed E-state index contributed by atoms with van der Waals surface area (Å²) in [4.78, 5) is 51.1. The monoisotopic (exact) mass is 766 g/mol. The average Bonchev–Trinajstić information content (AvgIpc) is 3.18. The number of aryl methyl sites for hydroxylation is 1. The molecule has 0 bridgehead atoms. The number of ether oxygens (including phenoxy) is 2. The number of methoxy groups -OCH3 is 2. The van der Waals surface area contributed by atoms with Gasteiger partial charge in [-0.3, -0.25) is 14.5 Å². The molecule has 0 saturated carbocycles. The molecule has 1 spiro atoms. The fraction of sp³-hybridized carbons (Fsp3) is 0.476. The summed E-state index contributed by atoms with van der Waals surface area (Å²) >= 11 is 0. The fourth-order valence-corrected chi connectivity index (χ4v) is 9.19. The molecule has 1 unspecified atom stereocenters. The number of piperidine rings is 2.